The Labute approximate surface area is 152 Å². The third kappa shape index (κ3) is 3.96. The lowest BCUT2D eigenvalue weighted by atomic mass is 10.1. The van der Waals surface area contributed by atoms with Gasteiger partial charge in [-0.3, -0.25) is 4.79 Å². The van der Waals surface area contributed by atoms with Crippen LogP contribution in [0.15, 0.2) is 36.4 Å². The van der Waals surface area contributed by atoms with Crippen LogP contribution in [-0.2, 0) is 11.2 Å². The first-order chi connectivity index (χ1) is 12.0. The highest BCUT2D eigenvalue weighted by Gasteiger charge is 2.27. The fourth-order valence-electron chi connectivity index (χ4n) is 3.22. The molecule has 2 aromatic carbocycles. The SMILES string of the molecule is CCC(Oc1ccc(Cl)cc1C)C(=O)NC1CCc2cc(F)ccc21. The van der Waals surface area contributed by atoms with E-state index in [-0.39, 0.29) is 17.8 Å². The Morgan fingerprint density at radius 3 is 2.88 bits per heavy atom. The fourth-order valence-corrected chi connectivity index (χ4v) is 3.45. The van der Waals surface area contributed by atoms with Crippen LogP contribution >= 0.6 is 11.6 Å². The van der Waals surface area contributed by atoms with E-state index in [1.165, 1.54) is 6.07 Å². The second-order valence-electron chi connectivity index (χ2n) is 6.37. The van der Waals surface area contributed by atoms with Crippen LogP contribution < -0.4 is 10.1 Å². The normalized spacial score (nSPS) is 17.0. The van der Waals surface area contributed by atoms with Crippen molar-refractivity contribution in [2.75, 3.05) is 0 Å². The molecular weight excluding hydrogens is 341 g/mol. The number of halogens is 2. The molecule has 0 radical (unpaired) electrons. The van der Waals surface area contributed by atoms with Crippen LogP contribution in [0.1, 0.15) is 42.5 Å². The van der Waals surface area contributed by atoms with E-state index in [0.29, 0.717) is 17.2 Å². The third-order valence-corrected chi connectivity index (χ3v) is 4.80. The highest BCUT2D eigenvalue weighted by molar-refractivity contribution is 6.30. The van der Waals surface area contributed by atoms with Crippen molar-refractivity contribution in [2.45, 2.75) is 45.3 Å². The first-order valence-corrected chi connectivity index (χ1v) is 8.87. The number of hydrogen-bond acceptors (Lipinski definition) is 2. The molecule has 2 aromatic rings. The van der Waals surface area contributed by atoms with Crippen LogP contribution in [0.2, 0.25) is 5.02 Å². The summed E-state index contributed by atoms with van der Waals surface area (Å²) in [6.07, 6.45) is 1.52. The first kappa shape index (κ1) is 17.7. The van der Waals surface area contributed by atoms with Gasteiger partial charge in [-0.15, -0.1) is 0 Å². The molecule has 0 bridgehead atoms. The van der Waals surface area contributed by atoms with Gasteiger partial charge in [0.1, 0.15) is 11.6 Å². The van der Waals surface area contributed by atoms with Crippen molar-refractivity contribution >= 4 is 17.5 Å². The monoisotopic (exact) mass is 361 g/mol. The van der Waals surface area contributed by atoms with Crippen LogP contribution in [0.3, 0.4) is 0 Å². The minimum Gasteiger partial charge on any atom is -0.480 e. The molecule has 3 nitrogen and oxygen atoms in total. The second-order valence-corrected chi connectivity index (χ2v) is 6.80. The number of hydrogen-bond donors (Lipinski definition) is 1. The van der Waals surface area contributed by atoms with E-state index in [1.807, 2.05) is 19.9 Å². The molecular formula is C20H21ClFNO2. The Kier molecular flexibility index (Phi) is 5.28. The van der Waals surface area contributed by atoms with Crippen molar-refractivity contribution in [3.8, 4) is 5.75 Å². The maximum absolute atomic E-state index is 13.3. The lowest BCUT2D eigenvalue weighted by molar-refractivity contribution is -0.128. The molecule has 1 amide bonds. The molecule has 0 fully saturated rings. The van der Waals surface area contributed by atoms with Crippen LogP contribution in [0.5, 0.6) is 5.75 Å². The first-order valence-electron chi connectivity index (χ1n) is 8.49. The van der Waals surface area contributed by atoms with Gasteiger partial charge < -0.3 is 10.1 Å². The minimum absolute atomic E-state index is 0.0907. The molecule has 0 spiro atoms. The molecule has 25 heavy (non-hydrogen) atoms. The maximum atomic E-state index is 13.3. The summed E-state index contributed by atoms with van der Waals surface area (Å²) in [6.45, 7) is 3.81. The molecule has 1 N–H and O–H groups in total. The topological polar surface area (TPSA) is 38.3 Å². The molecule has 0 aliphatic heterocycles. The van der Waals surface area contributed by atoms with Crippen molar-refractivity contribution < 1.29 is 13.9 Å². The summed E-state index contributed by atoms with van der Waals surface area (Å²) in [4.78, 5) is 12.7. The molecule has 1 aliphatic rings. The molecule has 132 valence electrons. The van der Waals surface area contributed by atoms with Crippen molar-refractivity contribution in [1.29, 1.82) is 0 Å². The Bertz CT molecular complexity index is 793. The average Bonchev–Trinajstić information content (AvgIpc) is 2.96. The van der Waals surface area contributed by atoms with E-state index in [1.54, 1.807) is 24.3 Å². The van der Waals surface area contributed by atoms with E-state index >= 15 is 0 Å². The fraction of sp³-hybridized carbons (Fsp3) is 0.350. The van der Waals surface area contributed by atoms with Crippen molar-refractivity contribution in [3.63, 3.8) is 0 Å². The van der Waals surface area contributed by atoms with Gasteiger partial charge in [-0.1, -0.05) is 24.6 Å². The summed E-state index contributed by atoms with van der Waals surface area (Å²) in [5, 5.41) is 3.68. The van der Waals surface area contributed by atoms with Crippen molar-refractivity contribution in [2.24, 2.45) is 0 Å². The number of nitrogens with one attached hydrogen (secondary N) is 1. The van der Waals surface area contributed by atoms with E-state index in [9.17, 15) is 9.18 Å². The van der Waals surface area contributed by atoms with E-state index < -0.39 is 6.10 Å². The predicted molar refractivity (Wildman–Crippen MR) is 96.5 cm³/mol. The lowest BCUT2D eigenvalue weighted by Crippen LogP contribution is -2.39. The largest absolute Gasteiger partial charge is 0.480 e. The molecule has 2 unspecified atom stereocenters. The van der Waals surface area contributed by atoms with Gasteiger partial charge in [-0.05, 0) is 73.2 Å². The van der Waals surface area contributed by atoms with Gasteiger partial charge in [0.25, 0.3) is 5.91 Å². The highest BCUT2D eigenvalue weighted by atomic mass is 35.5. The maximum Gasteiger partial charge on any atom is 0.261 e. The molecule has 0 saturated heterocycles. The Morgan fingerprint density at radius 2 is 2.16 bits per heavy atom. The molecule has 0 heterocycles. The highest BCUT2D eigenvalue weighted by Crippen LogP contribution is 2.32. The smallest absolute Gasteiger partial charge is 0.261 e. The number of ether oxygens (including phenoxy) is 1. The third-order valence-electron chi connectivity index (χ3n) is 4.57. The van der Waals surface area contributed by atoms with Crippen LogP contribution in [0, 0.1) is 12.7 Å². The summed E-state index contributed by atoms with van der Waals surface area (Å²) in [7, 11) is 0. The zero-order chi connectivity index (χ0) is 18.0. The minimum atomic E-state index is -0.579. The number of amides is 1. The average molecular weight is 362 g/mol. The molecule has 2 atom stereocenters. The zero-order valence-corrected chi connectivity index (χ0v) is 15.1. The predicted octanol–water partition coefficient (Wildman–Crippen LogP) is 4.75. The quantitative estimate of drug-likeness (QED) is 0.834. The van der Waals surface area contributed by atoms with Gasteiger partial charge in [0.2, 0.25) is 0 Å². The lowest BCUT2D eigenvalue weighted by Gasteiger charge is -2.21. The number of benzene rings is 2. The molecule has 1 aliphatic carbocycles. The number of carbonyl (C=O) groups excluding carboxylic acids is 1. The zero-order valence-electron chi connectivity index (χ0n) is 14.3. The molecule has 0 aromatic heterocycles. The number of carbonyl (C=O) groups is 1. The van der Waals surface area contributed by atoms with Crippen molar-refractivity contribution in [1.82, 2.24) is 5.32 Å². The Morgan fingerprint density at radius 1 is 1.36 bits per heavy atom. The molecule has 0 saturated carbocycles. The molecule has 3 rings (SSSR count). The number of fused-ring (bicyclic) bond motifs is 1. The molecule has 5 heteroatoms. The van der Waals surface area contributed by atoms with Crippen LogP contribution in [-0.4, -0.2) is 12.0 Å². The standard InChI is InChI=1S/C20H21ClFNO2/c1-3-18(25-19-9-5-14(21)10-12(19)2)20(24)23-17-8-4-13-11-15(22)6-7-16(13)17/h5-7,9-11,17-18H,3-4,8H2,1-2H3,(H,23,24). The van der Waals surface area contributed by atoms with Gasteiger partial charge in [0.15, 0.2) is 6.10 Å². The van der Waals surface area contributed by atoms with Gasteiger partial charge >= 0.3 is 0 Å². The van der Waals surface area contributed by atoms with E-state index in [0.717, 1.165) is 29.5 Å². The van der Waals surface area contributed by atoms with Gasteiger partial charge in [-0.25, -0.2) is 4.39 Å². The summed E-state index contributed by atoms with van der Waals surface area (Å²) >= 11 is 5.96. The second kappa shape index (κ2) is 7.44. The van der Waals surface area contributed by atoms with E-state index in [2.05, 4.69) is 5.32 Å². The van der Waals surface area contributed by atoms with Crippen LogP contribution in [0.25, 0.3) is 0 Å². The van der Waals surface area contributed by atoms with Gasteiger partial charge in [0.05, 0.1) is 6.04 Å². The van der Waals surface area contributed by atoms with E-state index in [4.69, 9.17) is 16.3 Å². The Hall–Kier alpha value is -2.07. The summed E-state index contributed by atoms with van der Waals surface area (Å²) in [6, 6.07) is 9.99. The van der Waals surface area contributed by atoms with Crippen LogP contribution in [0.4, 0.5) is 4.39 Å². The van der Waals surface area contributed by atoms with Crippen molar-refractivity contribution in [3.05, 3.63) is 63.9 Å². The van der Waals surface area contributed by atoms with Gasteiger partial charge in [0, 0.05) is 5.02 Å². The summed E-state index contributed by atoms with van der Waals surface area (Å²) < 4.78 is 19.2. The number of rotatable bonds is 5. The Balaban J connectivity index is 1.69. The van der Waals surface area contributed by atoms with Gasteiger partial charge in [-0.2, -0.15) is 0 Å². The summed E-state index contributed by atoms with van der Waals surface area (Å²) in [5.74, 6) is 0.262. The number of aryl methyl sites for hydroxylation is 2. The summed E-state index contributed by atoms with van der Waals surface area (Å²) in [5.41, 5.74) is 2.85.